The first-order chi connectivity index (χ1) is 11.2. The van der Waals surface area contributed by atoms with Crippen LogP contribution < -0.4 is 19.5 Å². The van der Waals surface area contributed by atoms with Gasteiger partial charge in [-0.15, -0.1) is 0 Å². The first-order valence-corrected chi connectivity index (χ1v) is 7.29. The number of nitrogens with one attached hydrogen (secondary N) is 1. The summed E-state index contributed by atoms with van der Waals surface area (Å²) in [5.74, 6) is 0.417. The molecular weight excluding hydrogens is 301 g/mol. The molecule has 23 heavy (non-hydrogen) atoms. The monoisotopic (exact) mass is 317 g/mol. The predicted octanol–water partition coefficient (Wildman–Crippen LogP) is 3.35. The molecule has 3 rings (SSSR count). The predicted molar refractivity (Wildman–Crippen MR) is 82.3 cm³/mol. The van der Waals surface area contributed by atoms with Gasteiger partial charge in [-0.25, -0.2) is 4.39 Å². The van der Waals surface area contributed by atoms with Gasteiger partial charge in [0.05, 0.1) is 0 Å². The summed E-state index contributed by atoms with van der Waals surface area (Å²) in [6.45, 7) is 1.96. The fraction of sp³-hybridized carbons (Fsp3) is 0.235. The van der Waals surface area contributed by atoms with Crippen LogP contribution in [0.25, 0.3) is 0 Å². The molecule has 1 N–H and O–H groups in total. The van der Waals surface area contributed by atoms with Crippen molar-refractivity contribution in [2.75, 3.05) is 12.1 Å². The summed E-state index contributed by atoms with van der Waals surface area (Å²) in [5.41, 5.74) is 0.565. The Morgan fingerprint density at radius 3 is 2.83 bits per heavy atom. The number of amides is 1. The molecule has 2 aromatic carbocycles. The summed E-state index contributed by atoms with van der Waals surface area (Å²) in [4.78, 5) is 12.3. The topological polar surface area (TPSA) is 56.8 Å². The summed E-state index contributed by atoms with van der Waals surface area (Å²) < 4.78 is 29.6. The van der Waals surface area contributed by atoms with E-state index in [9.17, 15) is 9.18 Å². The van der Waals surface area contributed by atoms with E-state index in [0.717, 1.165) is 0 Å². The lowest BCUT2D eigenvalue weighted by Gasteiger charge is -2.17. The third kappa shape index (κ3) is 3.36. The zero-order valence-corrected chi connectivity index (χ0v) is 12.5. The highest BCUT2D eigenvalue weighted by Gasteiger charge is 2.21. The van der Waals surface area contributed by atoms with E-state index in [0.29, 0.717) is 23.6 Å². The average Bonchev–Trinajstić information content (AvgIpc) is 3.01. The van der Waals surface area contributed by atoms with Crippen molar-refractivity contribution in [3.8, 4) is 17.2 Å². The normalized spacial score (nSPS) is 13.5. The highest BCUT2D eigenvalue weighted by atomic mass is 19.1. The van der Waals surface area contributed by atoms with Gasteiger partial charge in [-0.05, 0) is 30.7 Å². The van der Waals surface area contributed by atoms with Crippen LogP contribution >= 0.6 is 0 Å². The zero-order chi connectivity index (χ0) is 16.2. The Bertz CT molecular complexity index is 719. The van der Waals surface area contributed by atoms with E-state index in [4.69, 9.17) is 14.2 Å². The third-order valence-electron chi connectivity index (χ3n) is 3.41. The summed E-state index contributed by atoms with van der Waals surface area (Å²) in [6, 6.07) is 11.1. The minimum Gasteiger partial charge on any atom is -0.478 e. The van der Waals surface area contributed by atoms with Gasteiger partial charge >= 0.3 is 0 Å². The van der Waals surface area contributed by atoms with Crippen molar-refractivity contribution in [1.29, 1.82) is 0 Å². The van der Waals surface area contributed by atoms with Gasteiger partial charge in [0.2, 0.25) is 6.79 Å². The Morgan fingerprint density at radius 2 is 2.04 bits per heavy atom. The number of ether oxygens (including phenoxy) is 3. The molecule has 2 aromatic rings. The molecule has 0 spiro atoms. The Balaban J connectivity index is 1.69. The van der Waals surface area contributed by atoms with E-state index in [1.165, 1.54) is 12.1 Å². The number of para-hydroxylation sites is 1. The lowest BCUT2D eigenvalue weighted by molar-refractivity contribution is -0.122. The molecule has 1 aliphatic heterocycles. The number of carbonyl (C=O) groups excluding carboxylic acids is 1. The molecule has 0 saturated carbocycles. The zero-order valence-electron chi connectivity index (χ0n) is 12.5. The number of anilines is 1. The van der Waals surface area contributed by atoms with Crippen LogP contribution in [0, 0.1) is 5.82 Å². The first-order valence-electron chi connectivity index (χ1n) is 7.29. The largest absolute Gasteiger partial charge is 0.478 e. The highest BCUT2D eigenvalue weighted by Crippen LogP contribution is 2.34. The molecule has 1 heterocycles. The van der Waals surface area contributed by atoms with Crippen LogP contribution in [-0.2, 0) is 4.79 Å². The fourth-order valence-corrected chi connectivity index (χ4v) is 2.21. The Labute approximate surface area is 133 Å². The highest BCUT2D eigenvalue weighted by molar-refractivity contribution is 5.94. The molecule has 0 aromatic heterocycles. The van der Waals surface area contributed by atoms with Crippen molar-refractivity contribution in [3.63, 3.8) is 0 Å². The number of hydrogen-bond acceptors (Lipinski definition) is 4. The molecular formula is C17H16FNO4. The number of halogens is 1. The van der Waals surface area contributed by atoms with Crippen LogP contribution in [0.15, 0.2) is 42.5 Å². The van der Waals surface area contributed by atoms with Crippen molar-refractivity contribution in [2.45, 2.75) is 19.4 Å². The van der Waals surface area contributed by atoms with Gasteiger partial charge in [-0.1, -0.05) is 19.1 Å². The molecule has 6 heteroatoms. The number of hydrogen-bond donors (Lipinski definition) is 1. The van der Waals surface area contributed by atoms with E-state index in [-0.39, 0.29) is 18.4 Å². The van der Waals surface area contributed by atoms with E-state index in [1.807, 2.05) is 0 Å². The second kappa shape index (κ2) is 6.56. The minimum absolute atomic E-state index is 0.0557. The maximum absolute atomic E-state index is 13.6. The summed E-state index contributed by atoms with van der Waals surface area (Å²) >= 11 is 0. The molecule has 1 aliphatic rings. The first kappa shape index (κ1) is 15.1. The van der Waals surface area contributed by atoms with Crippen molar-refractivity contribution >= 4 is 11.6 Å². The van der Waals surface area contributed by atoms with Gasteiger partial charge in [0.25, 0.3) is 5.91 Å². The van der Waals surface area contributed by atoms with Crippen LogP contribution in [0.1, 0.15) is 13.3 Å². The van der Waals surface area contributed by atoms with Crippen LogP contribution in [0.2, 0.25) is 0 Å². The molecule has 1 amide bonds. The van der Waals surface area contributed by atoms with Gasteiger partial charge < -0.3 is 19.5 Å². The van der Waals surface area contributed by atoms with Gasteiger partial charge in [0, 0.05) is 11.8 Å². The average molecular weight is 317 g/mol. The van der Waals surface area contributed by atoms with Crippen LogP contribution in [0.4, 0.5) is 10.1 Å². The van der Waals surface area contributed by atoms with Crippen LogP contribution in [0.3, 0.4) is 0 Å². The quantitative estimate of drug-likeness (QED) is 0.919. The fourth-order valence-electron chi connectivity index (χ4n) is 2.21. The molecule has 0 radical (unpaired) electrons. The van der Waals surface area contributed by atoms with Gasteiger partial charge in [0.1, 0.15) is 0 Å². The molecule has 0 fully saturated rings. The maximum Gasteiger partial charge on any atom is 0.265 e. The van der Waals surface area contributed by atoms with Crippen LogP contribution in [-0.4, -0.2) is 18.8 Å². The van der Waals surface area contributed by atoms with Gasteiger partial charge in [-0.3, -0.25) is 4.79 Å². The molecule has 0 unspecified atom stereocenters. The molecule has 120 valence electrons. The van der Waals surface area contributed by atoms with Crippen molar-refractivity contribution in [1.82, 2.24) is 0 Å². The number of carbonyl (C=O) groups is 1. The standard InChI is InChI=1S/C17H16FNO4/c1-2-13(23-14-6-4-3-5-12(14)18)17(20)19-11-7-8-15-16(9-11)22-10-21-15/h3-9,13H,2,10H2,1H3,(H,19,20)/t13-/m0/s1. The van der Waals surface area contributed by atoms with Crippen LogP contribution in [0.5, 0.6) is 17.2 Å². The van der Waals surface area contributed by atoms with Crippen molar-refractivity contribution in [3.05, 3.63) is 48.3 Å². The van der Waals surface area contributed by atoms with Crippen molar-refractivity contribution in [2.24, 2.45) is 0 Å². The summed E-state index contributed by atoms with van der Waals surface area (Å²) in [6.07, 6.45) is -0.387. The molecule has 0 bridgehead atoms. The number of rotatable bonds is 5. The Hall–Kier alpha value is -2.76. The molecule has 0 saturated heterocycles. The van der Waals surface area contributed by atoms with E-state index < -0.39 is 11.9 Å². The smallest absolute Gasteiger partial charge is 0.265 e. The Morgan fingerprint density at radius 1 is 1.26 bits per heavy atom. The summed E-state index contributed by atoms with van der Waals surface area (Å²) in [7, 11) is 0. The van der Waals surface area contributed by atoms with Crippen molar-refractivity contribution < 1.29 is 23.4 Å². The van der Waals surface area contributed by atoms with Gasteiger partial charge in [-0.2, -0.15) is 0 Å². The summed E-state index contributed by atoms with van der Waals surface area (Å²) in [5, 5.41) is 2.74. The molecule has 0 aliphatic carbocycles. The minimum atomic E-state index is -0.794. The third-order valence-corrected chi connectivity index (χ3v) is 3.41. The SMILES string of the molecule is CC[C@H](Oc1ccccc1F)C(=O)Nc1ccc2c(c1)OCO2. The molecule has 1 atom stereocenters. The number of benzene rings is 2. The second-order valence-electron chi connectivity index (χ2n) is 5.00. The maximum atomic E-state index is 13.6. The van der Waals surface area contributed by atoms with E-state index in [1.54, 1.807) is 37.3 Å². The lowest BCUT2D eigenvalue weighted by atomic mass is 10.2. The second-order valence-corrected chi connectivity index (χ2v) is 5.00. The van der Waals surface area contributed by atoms with E-state index >= 15 is 0 Å². The molecule has 5 nitrogen and oxygen atoms in total. The Kier molecular flexibility index (Phi) is 4.32. The number of fused-ring (bicyclic) bond motifs is 1. The van der Waals surface area contributed by atoms with Gasteiger partial charge in [0.15, 0.2) is 29.2 Å². The lowest BCUT2D eigenvalue weighted by Crippen LogP contribution is -2.32. The van der Waals surface area contributed by atoms with E-state index in [2.05, 4.69) is 5.32 Å².